The fourth-order valence-corrected chi connectivity index (χ4v) is 3.64. The monoisotopic (exact) mass is 394 g/mol. The van der Waals surface area contributed by atoms with E-state index in [1.54, 1.807) is 0 Å². The Balaban J connectivity index is 1.85. The summed E-state index contributed by atoms with van der Waals surface area (Å²) in [4.78, 5) is 19.5. The number of hydrogen-bond acceptors (Lipinski definition) is 4. The van der Waals surface area contributed by atoms with E-state index >= 15 is 0 Å². The highest BCUT2D eigenvalue weighted by atomic mass is 35.5. The first-order chi connectivity index (χ1) is 13.5. The Morgan fingerprint density at radius 3 is 1.96 bits per heavy atom. The molecule has 0 saturated carbocycles. The van der Waals surface area contributed by atoms with E-state index in [2.05, 4.69) is 48.1 Å². The summed E-state index contributed by atoms with van der Waals surface area (Å²) in [6.07, 6.45) is 4.83. The Hall–Kier alpha value is -2.72. The number of halogens is 1. The van der Waals surface area contributed by atoms with Crippen LogP contribution in [0.1, 0.15) is 55.2 Å². The number of carbonyl (C=O) groups excluding carboxylic acids is 1. The number of nitrogens with zero attached hydrogens (tertiary/aromatic N) is 2. The zero-order valence-electron chi connectivity index (χ0n) is 16.3. The Morgan fingerprint density at radius 1 is 0.929 bits per heavy atom. The van der Waals surface area contributed by atoms with Crippen molar-refractivity contribution < 1.29 is 9.53 Å². The van der Waals surface area contributed by atoms with Crippen molar-refractivity contribution in [2.24, 2.45) is 0 Å². The maximum absolute atomic E-state index is 11.3. The third-order valence-corrected chi connectivity index (χ3v) is 5.47. The Bertz CT molecular complexity index is 932. The molecule has 0 aliphatic heterocycles. The quantitative estimate of drug-likeness (QED) is 0.445. The molecule has 0 atom stereocenters. The predicted octanol–water partition coefficient (Wildman–Crippen LogP) is 6.23. The van der Waals surface area contributed by atoms with Crippen molar-refractivity contribution in [3.05, 3.63) is 82.8 Å². The van der Waals surface area contributed by atoms with Gasteiger partial charge in [0.05, 0.1) is 12.4 Å². The molecule has 2 aromatic carbocycles. The fourth-order valence-electron chi connectivity index (χ4n) is 3.52. The second kappa shape index (κ2) is 8.53. The molecule has 0 saturated heterocycles. The summed E-state index contributed by atoms with van der Waals surface area (Å²) >= 11 is 6.07. The van der Waals surface area contributed by atoms with Gasteiger partial charge in [-0.3, -0.25) is 4.79 Å². The molecule has 0 spiro atoms. The van der Waals surface area contributed by atoms with Crippen LogP contribution >= 0.6 is 11.6 Å². The highest BCUT2D eigenvalue weighted by Crippen LogP contribution is 2.40. The van der Waals surface area contributed by atoms with Gasteiger partial charge < -0.3 is 4.74 Å². The van der Waals surface area contributed by atoms with E-state index in [4.69, 9.17) is 16.3 Å². The summed E-state index contributed by atoms with van der Waals surface area (Å²) in [6.45, 7) is 5.86. The number of aromatic nitrogens is 2. The first-order valence-corrected chi connectivity index (χ1v) is 9.73. The molecule has 1 heterocycles. The van der Waals surface area contributed by atoms with E-state index in [0.29, 0.717) is 17.3 Å². The van der Waals surface area contributed by atoms with Gasteiger partial charge in [0, 0.05) is 17.4 Å². The van der Waals surface area contributed by atoms with Crippen LogP contribution in [0.4, 0.5) is 0 Å². The molecule has 0 N–H and O–H groups in total. The molecule has 4 nitrogen and oxygen atoms in total. The first-order valence-electron chi connectivity index (χ1n) is 9.36. The van der Waals surface area contributed by atoms with Gasteiger partial charge in [0.25, 0.3) is 0 Å². The molecule has 0 radical (unpaired) electrons. The lowest BCUT2D eigenvalue weighted by Gasteiger charge is -2.33. The molecule has 0 unspecified atom stereocenters. The Labute approximate surface area is 170 Å². The van der Waals surface area contributed by atoms with Gasteiger partial charge in [-0.2, -0.15) is 0 Å². The summed E-state index contributed by atoms with van der Waals surface area (Å²) in [5.41, 5.74) is 2.72. The number of ether oxygens (including phenoxy) is 1. The molecular formula is C23H23ClN2O2. The lowest BCUT2D eigenvalue weighted by molar-refractivity contribution is 0.101. The van der Waals surface area contributed by atoms with Crippen LogP contribution in [-0.2, 0) is 5.41 Å². The van der Waals surface area contributed by atoms with Gasteiger partial charge in [-0.1, -0.05) is 49.7 Å². The van der Waals surface area contributed by atoms with Crippen LogP contribution in [0.3, 0.4) is 0 Å². The van der Waals surface area contributed by atoms with Gasteiger partial charge >= 0.3 is 0 Å². The van der Waals surface area contributed by atoms with E-state index in [1.807, 2.05) is 24.3 Å². The smallest absolute Gasteiger partial charge is 0.237 e. The highest BCUT2D eigenvalue weighted by molar-refractivity contribution is 6.30. The van der Waals surface area contributed by atoms with E-state index in [1.165, 1.54) is 30.4 Å². The van der Waals surface area contributed by atoms with Gasteiger partial charge in [0.15, 0.2) is 5.78 Å². The number of Topliss-reactive ketones (excluding diaryl/α,β-unsaturated/α-hetero) is 1. The van der Waals surface area contributed by atoms with Gasteiger partial charge in [0.1, 0.15) is 11.4 Å². The normalized spacial score (nSPS) is 11.3. The Kier molecular flexibility index (Phi) is 6.10. The van der Waals surface area contributed by atoms with Gasteiger partial charge in [-0.25, -0.2) is 9.97 Å². The molecule has 3 aromatic rings. The molecule has 3 rings (SSSR count). The molecule has 0 aliphatic rings. The number of benzene rings is 2. The standard InChI is InChI=1S/C23H23ClN2O2/c1-4-23(5-2,17-6-10-19(24)11-7-17)18-8-12-20(13-9-18)28-22-15-25-21(14-26-22)16(3)27/h6-15H,4-5H2,1-3H3. The van der Waals surface area contributed by atoms with Gasteiger partial charge in [0.2, 0.25) is 5.88 Å². The van der Waals surface area contributed by atoms with Crippen LogP contribution in [0, 0.1) is 0 Å². The molecule has 144 valence electrons. The van der Waals surface area contributed by atoms with E-state index in [-0.39, 0.29) is 11.2 Å². The number of carbonyl (C=O) groups is 1. The summed E-state index contributed by atoms with van der Waals surface area (Å²) < 4.78 is 5.77. The minimum atomic E-state index is -0.124. The van der Waals surface area contributed by atoms with Gasteiger partial charge in [-0.15, -0.1) is 0 Å². The predicted molar refractivity (Wildman–Crippen MR) is 111 cm³/mol. The van der Waals surface area contributed by atoms with Crippen molar-refractivity contribution in [2.45, 2.75) is 39.0 Å². The number of ketones is 1. The van der Waals surface area contributed by atoms with Crippen molar-refractivity contribution in [3.8, 4) is 11.6 Å². The molecule has 0 aliphatic carbocycles. The first kappa shape index (κ1) is 20.0. The molecule has 1 aromatic heterocycles. The zero-order valence-corrected chi connectivity index (χ0v) is 17.0. The van der Waals surface area contributed by atoms with Gasteiger partial charge in [-0.05, 0) is 48.2 Å². The van der Waals surface area contributed by atoms with Crippen LogP contribution in [0.25, 0.3) is 0 Å². The van der Waals surface area contributed by atoms with Crippen LogP contribution in [-0.4, -0.2) is 15.8 Å². The molecule has 0 amide bonds. The zero-order chi connectivity index (χ0) is 20.1. The fraction of sp³-hybridized carbons (Fsp3) is 0.261. The van der Waals surface area contributed by atoms with Crippen molar-refractivity contribution >= 4 is 17.4 Å². The maximum atomic E-state index is 11.3. The molecule has 5 heteroatoms. The minimum absolute atomic E-state index is 0.0773. The largest absolute Gasteiger partial charge is 0.438 e. The highest BCUT2D eigenvalue weighted by Gasteiger charge is 2.30. The van der Waals surface area contributed by atoms with Crippen molar-refractivity contribution in [1.29, 1.82) is 0 Å². The SMILES string of the molecule is CCC(CC)(c1ccc(Cl)cc1)c1ccc(Oc2cnc(C(C)=O)cn2)cc1. The molecule has 0 fully saturated rings. The average Bonchev–Trinajstić information content (AvgIpc) is 2.72. The summed E-state index contributed by atoms with van der Waals surface area (Å²) in [5.74, 6) is 0.902. The minimum Gasteiger partial charge on any atom is -0.438 e. The third-order valence-electron chi connectivity index (χ3n) is 5.22. The van der Waals surface area contributed by atoms with Crippen molar-refractivity contribution in [3.63, 3.8) is 0 Å². The lowest BCUT2D eigenvalue weighted by atomic mass is 9.70. The topological polar surface area (TPSA) is 52.1 Å². The van der Waals surface area contributed by atoms with Crippen LogP contribution in [0.2, 0.25) is 5.02 Å². The Morgan fingerprint density at radius 2 is 1.50 bits per heavy atom. The third kappa shape index (κ3) is 4.07. The van der Waals surface area contributed by atoms with E-state index in [9.17, 15) is 4.79 Å². The van der Waals surface area contributed by atoms with Crippen molar-refractivity contribution in [2.75, 3.05) is 0 Å². The van der Waals surface area contributed by atoms with Crippen LogP contribution < -0.4 is 4.74 Å². The van der Waals surface area contributed by atoms with E-state index in [0.717, 1.165) is 17.9 Å². The number of rotatable bonds is 7. The average molecular weight is 395 g/mol. The second-order valence-corrected chi connectivity index (χ2v) is 7.16. The summed E-state index contributed by atoms with van der Waals surface area (Å²) in [7, 11) is 0. The van der Waals surface area contributed by atoms with Crippen LogP contribution in [0.15, 0.2) is 60.9 Å². The van der Waals surface area contributed by atoms with Crippen LogP contribution in [0.5, 0.6) is 11.6 Å². The molecule has 0 bridgehead atoms. The summed E-state index contributed by atoms with van der Waals surface area (Å²) in [5, 5.41) is 0.741. The second-order valence-electron chi connectivity index (χ2n) is 6.72. The molecular weight excluding hydrogens is 372 g/mol. The lowest BCUT2D eigenvalue weighted by Crippen LogP contribution is -2.25. The summed E-state index contributed by atoms with van der Waals surface area (Å²) in [6, 6.07) is 16.1. The van der Waals surface area contributed by atoms with E-state index < -0.39 is 0 Å². The maximum Gasteiger partial charge on any atom is 0.237 e. The van der Waals surface area contributed by atoms with Crippen molar-refractivity contribution in [1.82, 2.24) is 9.97 Å². The number of hydrogen-bond donors (Lipinski definition) is 0. The molecule has 28 heavy (non-hydrogen) atoms.